The Hall–Kier alpha value is -3.00. The van der Waals surface area contributed by atoms with Gasteiger partial charge in [0.1, 0.15) is 5.69 Å². The number of carbonyl (C=O) groups excluding carboxylic acids is 2. The number of esters is 1. The van der Waals surface area contributed by atoms with Crippen molar-refractivity contribution in [2.24, 2.45) is 0 Å². The molecule has 0 aliphatic rings. The monoisotopic (exact) mass is 354 g/mol. The molecule has 1 atom stereocenters. The van der Waals surface area contributed by atoms with E-state index in [0.717, 1.165) is 10.9 Å². The number of rotatable bonds is 5. The first-order valence-corrected chi connectivity index (χ1v) is 8.09. The highest BCUT2D eigenvalue weighted by Crippen LogP contribution is 2.25. The zero-order valence-corrected chi connectivity index (χ0v) is 14.3. The number of aryl methyl sites for hydroxylation is 1. The topological polar surface area (TPSA) is 107 Å². The fourth-order valence-corrected chi connectivity index (χ4v) is 2.81. The molecule has 0 fully saturated rings. The lowest BCUT2D eigenvalue weighted by Crippen LogP contribution is -2.99. The van der Waals surface area contributed by atoms with Crippen LogP contribution in [0.3, 0.4) is 0 Å². The maximum atomic E-state index is 12.9. The first-order chi connectivity index (χ1) is 12.4. The van der Waals surface area contributed by atoms with Crippen molar-refractivity contribution in [2.75, 3.05) is 6.61 Å². The normalized spacial score (nSPS) is 12.2. The number of benzene rings is 2. The van der Waals surface area contributed by atoms with E-state index in [-0.39, 0.29) is 23.8 Å². The number of hydrogen-bond acceptors (Lipinski definition) is 5. The van der Waals surface area contributed by atoms with Crippen LogP contribution in [0, 0.1) is 12.1 Å². The Morgan fingerprint density at radius 2 is 1.88 bits per heavy atom. The lowest BCUT2D eigenvalue weighted by atomic mass is 9.99. The molecule has 0 aliphatic heterocycles. The van der Waals surface area contributed by atoms with Gasteiger partial charge in [0.15, 0.2) is 11.5 Å². The van der Waals surface area contributed by atoms with Gasteiger partial charge < -0.3 is 14.9 Å². The van der Waals surface area contributed by atoms with E-state index in [2.05, 4.69) is 4.98 Å². The Bertz CT molecular complexity index is 974. The van der Waals surface area contributed by atoms with Crippen LogP contribution in [0.4, 0.5) is 5.69 Å². The molecule has 1 heterocycles. The first kappa shape index (κ1) is 17.8. The third-order valence-corrected chi connectivity index (χ3v) is 4.01. The molecule has 0 amide bonds. The second kappa shape index (κ2) is 7.09. The van der Waals surface area contributed by atoms with Gasteiger partial charge in [-0.3, -0.25) is 4.79 Å². The zero-order chi connectivity index (χ0) is 18.8. The number of carbonyl (C=O) groups is 2. The minimum absolute atomic E-state index is 0.111. The fraction of sp³-hybridized carbons (Fsp3) is 0.158. The van der Waals surface area contributed by atoms with Crippen molar-refractivity contribution < 1.29 is 24.8 Å². The van der Waals surface area contributed by atoms with Gasteiger partial charge in [0.05, 0.1) is 12.1 Å². The molecular formula is C19H18N2O5. The number of aromatic amines is 1. The molecule has 134 valence electrons. The van der Waals surface area contributed by atoms with Gasteiger partial charge in [-0.05, 0) is 49.7 Å². The van der Waals surface area contributed by atoms with E-state index in [9.17, 15) is 14.8 Å². The van der Waals surface area contributed by atoms with Crippen LogP contribution in [-0.4, -0.2) is 28.6 Å². The SMILES string of the molecule is CCOC(=O)c1cc2cc(C)cc(C(=O)c3ccc([NH+]([O-])O)cc3)c2[nH]1. The molecule has 0 spiro atoms. The minimum atomic E-state index is -1.05. The number of fused-ring (bicyclic) bond motifs is 1. The Morgan fingerprint density at radius 1 is 1.19 bits per heavy atom. The largest absolute Gasteiger partial charge is 0.595 e. The number of hydrogen-bond donors (Lipinski definition) is 3. The average Bonchev–Trinajstić information content (AvgIpc) is 3.04. The highest BCUT2D eigenvalue weighted by Gasteiger charge is 2.18. The van der Waals surface area contributed by atoms with Crippen LogP contribution in [0.2, 0.25) is 0 Å². The van der Waals surface area contributed by atoms with Crippen LogP contribution < -0.4 is 5.23 Å². The summed E-state index contributed by atoms with van der Waals surface area (Å²) in [6, 6.07) is 11.0. The summed E-state index contributed by atoms with van der Waals surface area (Å²) in [5.41, 5.74) is 2.60. The summed E-state index contributed by atoms with van der Waals surface area (Å²) in [6.45, 7) is 3.84. The third kappa shape index (κ3) is 3.36. The van der Waals surface area contributed by atoms with Crippen molar-refractivity contribution in [3.63, 3.8) is 0 Å². The van der Waals surface area contributed by atoms with E-state index in [1.54, 1.807) is 19.1 Å². The molecule has 0 radical (unpaired) electrons. The van der Waals surface area contributed by atoms with Crippen LogP contribution in [0.1, 0.15) is 38.9 Å². The predicted molar refractivity (Wildman–Crippen MR) is 94.6 cm³/mol. The van der Waals surface area contributed by atoms with Gasteiger partial charge in [-0.1, -0.05) is 0 Å². The van der Waals surface area contributed by atoms with E-state index in [1.807, 2.05) is 13.0 Å². The number of aromatic nitrogens is 1. The maximum absolute atomic E-state index is 12.9. The van der Waals surface area contributed by atoms with Crippen molar-refractivity contribution in [3.8, 4) is 0 Å². The Morgan fingerprint density at radius 3 is 2.50 bits per heavy atom. The van der Waals surface area contributed by atoms with Crippen molar-refractivity contribution in [1.29, 1.82) is 0 Å². The second-order valence-corrected chi connectivity index (χ2v) is 5.89. The highest BCUT2D eigenvalue weighted by atomic mass is 16.8. The lowest BCUT2D eigenvalue weighted by molar-refractivity contribution is -0.991. The van der Waals surface area contributed by atoms with Crippen LogP contribution in [0.25, 0.3) is 10.9 Å². The van der Waals surface area contributed by atoms with Gasteiger partial charge in [-0.15, -0.1) is 0 Å². The van der Waals surface area contributed by atoms with E-state index >= 15 is 0 Å². The molecular weight excluding hydrogens is 336 g/mol. The summed E-state index contributed by atoms with van der Waals surface area (Å²) >= 11 is 0. The zero-order valence-electron chi connectivity index (χ0n) is 14.3. The summed E-state index contributed by atoms with van der Waals surface area (Å²) < 4.78 is 5.00. The number of H-pyrrole nitrogens is 1. The molecule has 1 unspecified atom stereocenters. The van der Waals surface area contributed by atoms with E-state index < -0.39 is 11.2 Å². The number of ketones is 1. The van der Waals surface area contributed by atoms with Crippen molar-refractivity contribution >= 4 is 28.3 Å². The van der Waals surface area contributed by atoms with Gasteiger partial charge in [0.2, 0.25) is 0 Å². The Kier molecular flexibility index (Phi) is 4.85. The van der Waals surface area contributed by atoms with Gasteiger partial charge in [0, 0.05) is 28.6 Å². The van der Waals surface area contributed by atoms with E-state index in [0.29, 0.717) is 16.6 Å². The minimum Gasteiger partial charge on any atom is -0.595 e. The highest BCUT2D eigenvalue weighted by molar-refractivity contribution is 6.16. The van der Waals surface area contributed by atoms with Crippen LogP contribution >= 0.6 is 0 Å². The number of nitrogens with one attached hydrogen (secondary N) is 2. The van der Waals surface area contributed by atoms with Crippen molar-refractivity contribution in [1.82, 2.24) is 4.98 Å². The van der Waals surface area contributed by atoms with Crippen LogP contribution in [0.15, 0.2) is 42.5 Å². The molecule has 2 aromatic carbocycles. The van der Waals surface area contributed by atoms with Crippen molar-refractivity contribution in [3.05, 3.63) is 70.1 Å². The number of ether oxygens (including phenoxy) is 1. The molecule has 3 N–H and O–H groups in total. The molecule has 0 saturated carbocycles. The van der Waals surface area contributed by atoms with Gasteiger partial charge in [0.25, 0.3) is 0 Å². The summed E-state index contributed by atoms with van der Waals surface area (Å²) in [6.07, 6.45) is 0. The molecule has 0 saturated heterocycles. The van der Waals surface area contributed by atoms with Gasteiger partial charge >= 0.3 is 5.97 Å². The quantitative estimate of drug-likeness (QED) is 0.370. The smallest absolute Gasteiger partial charge is 0.354 e. The third-order valence-electron chi connectivity index (χ3n) is 4.01. The fourth-order valence-electron chi connectivity index (χ4n) is 2.81. The predicted octanol–water partition coefficient (Wildman–Crippen LogP) is 2.29. The summed E-state index contributed by atoms with van der Waals surface area (Å²) in [7, 11) is 0. The van der Waals surface area contributed by atoms with Gasteiger partial charge in [-0.2, -0.15) is 5.23 Å². The van der Waals surface area contributed by atoms with Crippen molar-refractivity contribution in [2.45, 2.75) is 13.8 Å². The van der Waals surface area contributed by atoms with E-state index in [1.165, 1.54) is 24.3 Å². The molecule has 7 nitrogen and oxygen atoms in total. The molecule has 26 heavy (non-hydrogen) atoms. The summed E-state index contributed by atoms with van der Waals surface area (Å²) in [4.78, 5) is 27.8. The summed E-state index contributed by atoms with van der Waals surface area (Å²) in [5, 5.41) is 19.6. The molecule has 3 rings (SSSR count). The molecule has 1 aromatic heterocycles. The van der Waals surface area contributed by atoms with Gasteiger partial charge in [-0.25, -0.2) is 10.0 Å². The Labute approximate surface area is 149 Å². The first-order valence-electron chi connectivity index (χ1n) is 8.09. The molecule has 0 aliphatic carbocycles. The molecule has 3 aromatic rings. The average molecular weight is 354 g/mol. The summed E-state index contributed by atoms with van der Waals surface area (Å²) in [5.74, 6) is -0.738. The molecule has 7 heteroatoms. The second-order valence-electron chi connectivity index (χ2n) is 5.89. The lowest BCUT2D eigenvalue weighted by Gasteiger charge is -2.11. The standard InChI is InChI=1S/C19H18N2O5/c1-3-26-19(23)16-10-13-8-11(2)9-15(17(13)20-16)18(22)12-4-6-14(7-5-12)21(24)25/h4-10,20-21,24H,3H2,1-2H3. The Balaban J connectivity index is 2.05. The maximum Gasteiger partial charge on any atom is 0.354 e. The number of quaternary nitrogens is 1. The molecule has 0 bridgehead atoms. The van der Waals surface area contributed by atoms with Crippen LogP contribution in [-0.2, 0) is 4.74 Å². The van der Waals surface area contributed by atoms with Crippen LogP contribution in [0.5, 0.6) is 0 Å². The van der Waals surface area contributed by atoms with E-state index in [4.69, 9.17) is 9.94 Å².